The lowest BCUT2D eigenvalue weighted by atomic mass is 10.1. The maximum Gasteiger partial charge on any atom is 0.262 e. The summed E-state index contributed by atoms with van der Waals surface area (Å²) in [5, 5.41) is 2.76. The van der Waals surface area contributed by atoms with E-state index in [9.17, 15) is 4.79 Å². The van der Waals surface area contributed by atoms with E-state index in [2.05, 4.69) is 5.32 Å². The van der Waals surface area contributed by atoms with Gasteiger partial charge in [0.25, 0.3) is 5.91 Å². The Morgan fingerprint density at radius 1 is 1.38 bits per heavy atom. The minimum Gasteiger partial charge on any atom is -0.481 e. The van der Waals surface area contributed by atoms with Crippen LogP contribution in [-0.4, -0.2) is 12.5 Å². The fraction of sp³-hybridized carbons (Fsp3) is 0.300. The van der Waals surface area contributed by atoms with Gasteiger partial charge in [0.15, 0.2) is 6.61 Å². The second kappa shape index (κ2) is 2.76. The van der Waals surface area contributed by atoms with Crippen molar-refractivity contribution in [2.75, 3.05) is 11.9 Å². The first kappa shape index (κ1) is 8.10. The van der Waals surface area contributed by atoms with Gasteiger partial charge in [-0.15, -0.1) is 0 Å². The molecule has 0 saturated heterocycles. The van der Waals surface area contributed by atoms with Crippen molar-refractivity contribution in [3.63, 3.8) is 0 Å². The Hall–Kier alpha value is -1.51. The Kier molecular flexibility index (Phi) is 1.72. The molecule has 13 heavy (non-hydrogen) atoms. The zero-order valence-electron chi connectivity index (χ0n) is 7.68. The van der Waals surface area contributed by atoms with Gasteiger partial charge in [0.1, 0.15) is 5.75 Å². The van der Waals surface area contributed by atoms with Crippen molar-refractivity contribution >= 4 is 11.6 Å². The largest absolute Gasteiger partial charge is 0.481 e. The average Bonchev–Trinajstić information content (AvgIpc) is 2.12. The minimum atomic E-state index is -0.0873. The molecule has 0 bridgehead atoms. The molecular formula is C10H11NO2. The first-order chi connectivity index (χ1) is 6.18. The second-order valence-electron chi connectivity index (χ2n) is 3.22. The number of nitrogens with one attached hydrogen (secondary N) is 1. The number of ether oxygens (including phenoxy) is 1. The highest BCUT2D eigenvalue weighted by Gasteiger charge is 2.17. The van der Waals surface area contributed by atoms with Crippen LogP contribution in [0.25, 0.3) is 0 Å². The number of aryl methyl sites for hydroxylation is 1. The Balaban J connectivity index is 2.53. The van der Waals surface area contributed by atoms with Crippen LogP contribution < -0.4 is 10.1 Å². The van der Waals surface area contributed by atoms with Crippen molar-refractivity contribution in [1.82, 2.24) is 0 Å². The maximum atomic E-state index is 11.0. The van der Waals surface area contributed by atoms with Crippen LogP contribution >= 0.6 is 0 Å². The number of rotatable bonds is 0. The van der Waals surface area contributed by atoms with Gasteiger partial charge in [-0.2, -0.15) is 0 Å². The molecule has 1 aliphatic heterocycles. The number of hydrogen-bond donors (Lipinski definition) is 1. The van der Waals surface area contributed by atoms with Gasteiger partial charge in [0.05, 0.1) is 5.69 Å². The van der Waals surface area contributed by atoms with Gasteiger partial charge in [0, 0.05) is 0 Å². The SMILES string of the molecule is Cc1ccc2c(c1C)OCC(=O)N2. The maximum absolute atomic E-state index is 11.0. The molecule has 0 atom stereocenters. The summed E-state index contributed by atoms with van der Waals surface area (Å²) in [5.74, 6) is 0.718. The molecule has 1 heterocycles. The predicted octanol–water partition coefficient (Wildman–Crippen LogP) is 1.63. The number of carbonyl (C=O) groups is 1. The molecule has 1 aromatic rings. The van der Waals surface area contributed by atoms with E-state index in [-0.39, 0.29) is 12.5 Å². The number of carbonyl (C=O) groups excluding carboxylic acids is 1. The lowest BCUT2D eigenvalue weighted by molar-refractivity contribution is -0.118. The van der Waals surface area contributed by atoms with E-state index in [4.69, 9.17) is 4.74 Å². The molecule has 68 valence electrons. The van der Waals surface area contributed by atoms with Crippen LogP contribution in [0.3, 0.4) is 0 Å². The van der Waals surface area contributed by atoms with Gasteiger partial charge in [-0.05, 0) is 31.0 Å². The highest BCUT2D eigenvalue weighted by Crippen LogP contribution is 2.32. The molecule has 0 radical (unpaired) electrons. The molecule has 0 saturated carbocycles. The summed E-state index contributed by atoms with van der Waals surface area (Å²) in [6.45, 7) is 4.14. The van der Waals surface area contributed by atoms with Crippen molar-refractivity contribution < 1.29 is 9.53 Å². The van der Waals surface area contributed by atoms with Crippen molar-refractivity contribution in [3.8, 4) is 5.75 Å². The second-order valence-corrected chi connectivity index (χ2v) is 3.22. The van der Waals surface area contributed by atoms with E-state index in [1.165, 1.54) is 5.56 Å². The third kappa shape index (κ3) is 1.26. The van der Waals surface area contributed by atoms with Gasteiger partial charge in [-0.3, -0.25) is 4.79 Å². The van der Waals surface area contributed by atoms with E-state index in [1.54, 1.807) is 0 Å². The summed E-state index contributed by atoms with van der Waals surface area (Å²) in [4.78, 5) is 11.0. The fourth-order valence-corrected chi connectivity index (χ4v) is 1.40. The Labute approximate surface area is 76.7 Å². The minimum absolute atomic E-state index is 0.0873. The van der Waals surface area contributed by atoms with Crippen molar-refractivity contribution in [1.29, 1.82) is 0 Å². The van der Waals surface area contributed by atoms with Crippen LogP contribution in [-0.2, 0) is 4.79 Å². The molecule has 0 aromatic heterocycles. The van der Waals surface area contributed by atoms with Crippen molar-refractivity contribution in [2.45, 2.75) is 13.8 Å². The van der Waals surface area contributed by atoms with Gasteiger partial charge in [-0.1, -0.05) is 6.07 Å². The molecule has 3 nitrogen and oxygen atoms in total. The summed E-state index contributed by atoms with van der Waals surface area (Å²) in [6.07, 6.45) is 0. The molecule has 1 aliphatic rings. The number of anilines is 1. The zero-order valence-corrected chi connectivity index (χ0v) is 7.68. The Morgan fingerprint density at radius 2 is 2.15 bits per heavy atom. The zero-order chi connectivity index (χ0) is 9.42. The van der Waals surface area contributed by atoms with Crippen LogP contribution in [0.4, 0.5) is 5.69 Å². The van der Waals surface area contributed by atoms with E-state index in [1.807, 2.05) is 26.0 Å². The topological polar surface area (TPSA) is 38.3 Å². The third-order valence-electron chi connectivity index (χ3n) is 2.30. The summed E-state index contributed by atoms with van der Waals surface area (Å²) >= 11 is 0. The number of fused-ring (bicyclic) bond motifs is 1. The Morgan fingerprint density at radius 3 is 2.92 bits per heavy atom. The highest BCUT2D eigenvalue weighted by molar-refractivity contribution is 5.95. The summed E-state index contributed by atoms with van der Waals surface area (Å²) in [5.41, 5.74) is 3.05. The normalized spacial score (nSPS) is 14.5. The Bertz CT molecular complexity index is 371. The number of benzene rings is 1. The third-order valence-corrected chi connectivity index (χ3v) is 2.30. The lowest BCUT2D eigenvalue weighted by Gasteiger charge is -2.20. The fourth-order valence-electron chi connectivity index (χ4n) is 1.40. The van der Waals surface area contributed by atoms with Crippen LogP contribution in [0.2, 0.25) is 0 Å². The monoisotopic (exact) mass is 177 g/mol. The summed E-state index contributed by atoms with van der Waals surface area (Å²) < 4.78 is 5.34. The first-order valence-corrected chi connectivity index (χ1v) is 4.21. The van der Waals surface area contributed by atoms with E-state index in [0.717, 1.165) is 17.0 Å². The molecule has 1 amide bonds. The summed E-state index contributed by atoms with van der Waals surface area (Å²) in [6, 6.07) is 3.85. The quantitative estimate of drug-likeness (QED) is 0.654. The molecule has 2 rings (SSSR count). The smallest absolute Gasteiger partial charge is 0.262 e. The average molecular weight is 177 g/mol. The van der Waals surface area contributed by atoms with Gasteiger partial charge in [-0.25, -0.2) is 0 Å². The van der Waals surface area contributed by atoms with E-state index in [0.29, 0.717) is 0 Å². The summed E-state index contributed by atoms with van der Waals surface area (Å²) in [7, 11) is 0. The van der Waals surface area contributed by atoms with Crippen LogP contribution in [0.15, 0.2) is 12.1 Å². The number of hydrogen-bond acceptors (Lipinski definition) is 2. The first-order valence-electron chi connectivity index (χ1n) is 4.21. The van der Waals surface area contributed by atoms with Crippen LogP contribution in [0.5, 0.6) is 5.75 Å². The van der Waals surface area contributed by atoms with Crippen molar-refractivity contribution in [3.05, 3.63) is 23.3 Å². The molecule has 0 unspecified atom stereocenters. The molecular weight excluding hydrogens is 166 g/mol. The molecule has 0 fully saturated rings. The van der Waals surface area contributed by atoms with Gasteiger partial charge >= 0.3 is 0 Å². The molecule has 3 heteroatoms. The molecule has 1 N–H and O–H groups in total. The highest BCUT2D eigenvalue weighted by atomic mass is 16.5. The predicted molar refractivity (Wildman–Crippen MR) is 50.0 cm³/mol. The van der Waals surface area contributed by atoms with Crippen LogP contribution in [0, 0.1) is 13.8 Å². The molecule has 0 aliphatic carbocycles. The van der Waals surface area contributed by atoms with E-state index < -0.39 is 0 Å². The van der Waals surface area contributed by atoms with Crippen molar-refractivity contribution in [2.24, 2.45) is 0 Å². The standard InChI is InChI=1S/C10H11NO2/c1-6-3-4-8-10(7(6)2)13-5-9(12)11-8/h3-4H,5H2,1-2H3,(H,11,12). The number of amides is 1. The molecule has 0 spiro atoms. The van der Waals surface area contributed by atoms with Gasteiger partial charge in [0.2, 0.25) is 0 Å². The molecule has 1 aromatic carbocycles. The van der Waals surface area contributed by atoms with E-state index >= 15 is 0 Å². The lowest BCUT2D eigenvalue weighted by Crippen LogP contribution is -2.25. The van der Waals surface area contributed by atoms with Crippen LogP contribution in [0.1, 0.15) is 11.1 Å². The van der Waals surface area contributed by atoms with Gasteiger partial charge < -0.3 is 10.1 Å².